The summed E-state index contributed by atoms with van der Waals surface area (Å²) in [4.78, 5) is 12.5. The Morgan fingerprint density at radius 1 is 1.64 bits per heavy atom. The Bertz CT molecular complexity index is 132. The van der Waals surface area contributed by atoms with E-state index in [2.05, 4.69) is 0 Å². The quantitative estimate of drug-likeness (QED) is 0.661. The van der Waals surface area contributed by atoms with Crippen molar-refractivity contribution in [2.45, 2.75) is 6.42 Å². The van der Waals surface area contributed by atoms with E-state index in [4.69, 9.17) is 5.73 Å². The number of carbonyl (C=O) groups is 1. The van der Waals surface area contributed by atoms with Crippen LogP contribution in [-0.2, 0) is 4.79 Å². The van der Waals surface area contributed by atoms with Gasteiger partial charge in [-0.3, -0.25) is 4.79 Å². The molecule has 11 heavy (non-hydrogen) atoms. The molecule has 0 aliphatic carbocycles. The molecule has 1 fully saturated rings. The van der Waals surface area contributed by atoms with Gasteiger partial charge in [-0.25, -0.2) is 0 Å². The minimum absolute atomic E-state index is 0. The summed E-state index contributed by atoms with van der Waals surface area (Å²) >= 11 is 0. The van der Waals surface area contributed by atoms with Crippen molar-refractivity contribution >= 4 is 30.7 Å². The van der Waals surface area contributed by atoms with Crippen LogP contribution in [0.25, 0.3) is 0 Å². The molecule has 1 amide bonds. The molecule has 0 spiro atoms. The standard InChI is InChI=1S/C6H12N2O.2ClH/c1-8-4-5(3-7)2-6(8)9;;/h5H,2-4,7H2,1H3;2*1H. The van der Waals surface area contributed by atoms with Gasteiger partial charge in [0.25, 0.3) is 0 Å². The third-order valence-electron chi connectivity index (χ3n) is 1.75. The average molecular weight is 201 g/mol. The zero-order valence-corrected chi connectivity index (χ0v) is 8.08. The summed E-state index contributed by atoms with van der Waals surface area (Å²) in [5.41, 5.74) is 5.38. The van der Waals surface area contributed by atoms with Crippen LogP contribution < -0.4 is 5.73 Å². The fourth-order valence-corrected chi connectivity index (χ4v) is 1.11. The Labute approximate surface area is 79.1 Å². The maximum atomic E-state index is 10.8. The average Bonchev–Trinajstić information content (AvgIpc) is 2.13. The maximum Gasteiger partial charge on any atom is 0.222 e. The molecule has 3 nitrogen and oxygen atoms in total. The highest BCUT2D eigenvalue weighted by molar-refractivity contribution is 5.85. The molecule has 1 heterocycles. The molecular formula is C6H14Cl2N2O. The summed E-state index contributed by atoms with van der Waals surface area (Å²) in [6.07, 6.45) is 0.646. The molecule has 2 N–H and O–H groups in total. The summed E-state index contributed by atoms with van der Waals surface area (Å²) < 4.78 is 0. The van der Waals surface area contributed by atoms with Gasteiger partial charge in [0.15, 0.2) is 0 Å². The number of halogens is 2. The Morgan fingerprint density at radius 3 is 2.36 bits per heavy atom. The molecule has 0 radical (unpaired) electrons. The number of rotatable bonds is 1. The summed E-state index contributed by atoms with van der Waals surface area (Å²) in [7, 11) is 1.82. The molecule has 1 aliphatic rings. The zero-order chi connectivity index (χ0) is 6.85. The van der Waals surface area contributed by atoms with Crippen molar-refractivity contribution in [3.05, 3.63) is 0 Å². The number of likely N-dealkylation sites (tertiary alicyclic amines) is 1. The van der Waals surface area contributed by atoms with Crippen LogP contribution in [0.2, 0.25) is 0 Å². The van der Waals surface area contributed by atoms with Crippen molar-refractivity contribution in [1.82, 2.24) is 4.90 Å². The normalized spacial score (nSPS) is 22.5. The molecule has 1 atom stereocenters. The topological polar surface area (TPSA) is 46.3 Å². The predicted molar refractivity (Wildman–Crippen MR) is 49.3 cm³/mol. The van der Waals surface area contributed by atoms with E-state index in [9.17, 15) is 4.79 Å². The fourth-order valence-electron chi connectivity index (χ4n) is 1.11. The first-order valence-electron chi connectivity index (χ1n) is 3.18. The van der Waals surface area contributed by atoms with Crippen molar-refractivity contribution in [3.8, 4) is 0 Å². The second kappa shape index (κ2) is 5.63. The molecule has 0 saturated carbocycles. The third kappa shape index (κ3) is 3.27. The minimum atomic E-state index is 0. The van der Waals surface area contributed by atoms with Gasteiger partial charge in [0, 0.05) is 20.0 Å². The van der Waals surface area contributed by atoms with E-state index >= 15 is 0 Å². The SMILES string of the molecule is CN1CC(CN)CC1=O.Cl.Cl. The monoisotopic (exact) mass is 200 g/mol. The lowest BCUT2D eigenvalue weighted by Crippen LogP contribution is -2.21. The van der Waals surface area contributed by atoms with Crippen molar-refractivity contribution in [2.75, 3.05) is 20.1 Å². The van der Waals surface area contributed by atoms with E-state index in [1.165, 1.54) is 0 Å². The van der Waals surface area contributed by atoms with Gasteiger partial charge < -0.3 is 10.6 Å². The molecule has 1 unspecified atom stereocenters. The smallest absolute Gasteiger partial charge is 0.222 e. The number of hydrogen-bond donors (Lipinski definition) is 1. The van der Waals surface area contributed by atoms with Gasteiger partial charge in [0.05, 0.1) is 0 Å². The maximum absolute atomic E-state index is 10.8. The molecule has 0 aromatic heterocycles. The highest BCUT2D eigenvalue weighted by Gasteiger charge is 2.24. The molecule has 1 rings (SSSR count). The number of amides is 1. The van der Waals surface area contributed by atoms with E-state index in [0.29, 0.717) is 18.9 Å². The number of nitrogens with zero attached hydrogens (tertiary/aromatic N) is 1. The van der Waals surface area contributed by atoms with E-state index < -0.39 is 0 Å². The first kappa shape index (κ1) is 13.6. The lowest BCUT2D eigenvalue weighted by Gasteiger charge is -2.06. The van der Waals surface area contributed by atoms with Gasteiger partial charge in [0.1, 0.15) is 0 Å². The molecule has 1 aliphatic heterocycles. The van der Waals surface area contributed by atoms with Crippen LogP contribution in [0, 0.1) is 5.92 Å². The van der Waals surface area contributed by atoms with Crippen LogP contribution in [0.1, 0.15) is 6.42 Å². The van der Waals surface area contributed by atoms with Crippen LogP contribution in [0.3, 0.4) is 0 Å². The van der Waals surface area contributed by atoms with Gasteiger partial charge >= 0.3 is 0 Å². The van der Waals surface area contributed by atoms with Crippen LogP contribution in [0.4, 0.5) is 0 Å². The second-order valence-electron chi connectivity index (χ2n) is 2.58. The summed E-state index contributed by atoms with van der Waals surface area (Å²) in [6, 6.07) is 0. The summed E-state index contributed by atoms with van der Waals surface area (Å²) in [5.74, 6) is 0.632. The zero-order valence-electron chi connectivity index (χ0n) is 6.45. The first-order valence-corrected chi connectivity index (χ1v) is 3.18. The second-order valence-corrected chi connectivity index (χ2v) is 2.58. The molecule has 0 aromatic carbocycles. The number of hydrogen-bond acceptors (Lipinski definition) is 2. The van der Waals surface area contributed by atoms with Crippen LogP contribution in [0.5, 0.6) is 0 Å². The van der Waals surface area contributed by atoms with Gasteiger partial charge in [-0.05, 0) is 12.5 Å². The summed E-state index contributed by atoms with van der Waals surface area (Å²) in [5, 5.41) is 0. The van der Waals surface area contributed by atoms with Crippen LogP contribution in [0.15, 0.2) is 0 Å². The summed E-state index contributed by atoms with van der Waals surface area (Å²) in [6.45, 7) is 1.48. The molecule has 0 aromatic rings. The molecule has 68 valence electrons. The Balaban J connectivity index is 0. The van der Waals surface area contributed by atoms with E-state index in [1.807, 2.05) is 7.05 Å². The van der Waals surface area contributed by atoms with Gasteiger partial charge in [-0.2, -0.15) is 0 Å². The van der Waals surface area contributed by atoms with Gasteiger partial charge in [0.2, 0.25) is 5.91 Å². The third-order valence-corrected chi connectivity index (χ3v) is 1.75. The van der Waals surface area contributed by atoms with Crippen LogP contribution >= 0.6 is 24.8 Å². The van der Waals surface area contributed by atoms with Gasteiger partial charge in [-0.15, -0.1) is 24.8 Å². The van der Waals surface area contributed by atoms with Crippen LogP contribution in [-0.4, -0.2) is 30.9 Å². The largest absolute Gasteiger partial charge is 0.345 e. The van der Waals surface area contributed by atoms with Gasteiger partial charge in [-0.1, -0.05) is 0 Å². The lowest BCUT2D eigenvalue weighted by molar-refractivity contribution is -0.126. The Kier molecular flexibility index (Phi) is 6.96. The predicted octanol–water partition coefficient (Wildman–Crippen LogP) is 0.267. The van der Waals surface area contributed by atoms with Crippen molar-refractivity contribution in [1.29, 1.82) is 0 Å². The molecule has 5 heteroatoms. The van der Waals surface area contributed by atoms with E-state index in [0.717, 1.165) is 6.54 Å². The first-order chi connectivity index (χ1) is 4.24. The molecular weight excluding hydrogens is 187 g/mol. The van der Waals surface area contributed by atoms with Crippen molar-refractivity contribution in [3.63, 3.8) is 0 Å². The van der Waals surface area contributed by atoms with Crippen molar-refractivity contribution in [2.24, 2.45) is 11.7 Å². The molecule has 0 bridgehead atoms. The lowest BCUT2D eigenvalue weighted by atomic mass is 10.1. The van der Waals surface area contributed by atoms with Crippen molar-refractivity contribution < 1.29 is 4.79 Å². The van der Waals surface area contributed by atoms with E-state index in [1.54, 1.807) is 4.90 Å². The Hall–Kier alpha value is 0.01000. The Morgan fingerprint density at radius 2 is 2.18 bits per heavy atom. The highest BCUT2D eigenvalue weighted by Crippen LogP contribution is 2.13. The minimum Gasteiger partial charge on any atom is -0.345 e. The highest BCUT2D eigenvalue weighted by atomic mass is 35.5. The number of nitrogens with two attached hydrogens (primary N) is 1. The fraction of sp³-hybridized carbons (Fsp3) is 0.833. The molecule has 1 saturated heterocycles. The van der Waals surface area contributed by atoms with E-state index in [-0.39, 0.29) is 30.7 Å². The number of carbonyl (C=O) groups excluding carboxylic acids is 1.